The molecular weight excluding hydrogens is 412 g/mol. The molecule has 166 valence electrons. The largest absolute Gasteiger partial charge is 0.491 e. The van der Waals surface area contributed by atoms with Gasteiger partial charge < -0.3 is 28.3 Å². The van der Waals surface area contributed by atoms with Crippen LogP contribution in [0, 0.1) is 6.92 Å². The number of carbonyl (C=O) groups is 1. The Labute approximate surface area is 185 Å². The Bertz CT molecular complexity index is 1100. The summed E-state index contributed by atoms with van der Waals surface area (Å²) >= 11 is 0. The van der Waals surface area contributed by atoms with Crippen molar-refractivity contribution in [3.05, 3.63) is 60.0 Å². The van der Waals surface area contributed by atoms with E-state index in [1.54, 1.807) is 11.0 Å². The maximum absolute atomic E-state index is 12.9. The van der Waals surface area contributed by atoms with E-state index in [4.69, 9.17) is 23.4 Å². The number of nitrogens with zero attached hydrogens (tertiary/aromatic N) is 2. The highest BCUT2D eigenvalue weighted by Crippen LogP contribution is 2.35. The summed E-state index contributed by atoms with van der Waals surface area (Å²) in [5.41, 5.74) is 1.55. The van der Waals surface area contributed by atoms with E-state index in [0.29, 0.717) is 60.9 Å². The number of hydrogen-bond acceptors (Lipinski definition) is 7. The van der Waals surface area contributed by atoms with Gasteiger partial charge in [0, 0.05) is 18.2 Å². The Morgan fingerprint density at radius 2 is 2.00 bits per heavy atom. The minimum Gasteiger partial charge on any atom is -0.491 e. The maximum Gasteiger partial charge on any atom is 0.231 e. The topological polar surface area (TPSA) is 83.3 Å². The number of carbonyl (C=O) groups excluding carboxylic acids is 1. The molecule has 0 radical (unpaired) electrons. The first kappa shape index (κ1) is 20.4. The Kier molecular flexibility index (Phi) is 5.68. The van der Waals surface area contributed by atoms with E-state index >= 15 is 0 Å². The molecular formula is C24H24N2O6. The summed E-state index contributed by atoms with van der Waals surface area (Å²) in [6.07, 6.45) is -0.0193. The summed E-state index contributed by atoms with van der Waals surface area (Å²) in [6, 6.07) is 15.1. The molecule has 2 aliphatic rings. The Balaban J connectivity index is 1.17. The molecule has 1 fully saturated rings. The van der Waals surface area contributed by atoms with E-state index < -0.39 is 0 Å². The standard InChI is InChI=1S/C24H24N2O6/c1-16-20(25-24(32-16)17-5-3-2-4-6-17)12-23(27)26-9-10-28-19(13-26)14-29-18-7-8-21-22(11-18)31-15-30-21/h2-8,11,19H,9-10,12-15H2,1H3. The molecule has 1 amide bonds. The van der Waals surface area contributed by atoms with Crippen LogP contribution in [0.15, 0.2) is 52.9 Å². The van der Waals surface area contributed by atoms with Gasteiger partial charge in [-0.2, -0.15) is 0 Å². The van der Waals surface area contributed by atoms with Crippen molar-refractivity contribution in [2.45, 2.75) is 19.4 Å². The van der Waals surface area contributed by atoms with Gasteiger partial charge in [-0.15, -0.1) is 0 Å². The highest BCUT2D eigenvalue weighted by Gasteiger charge is 2.26. The van der Waals surface area contributed by atoms with E-state index in [2.05, 4.69) is 4.98 Å². The van der Waals surface area contributed by atoms with Gasteiger partial charge in [0.1, 0.15) is 24.2 Å². The molecule has 1 atom stereocenters. The van der Waals surface area contributed by atoms with Crippen LogP contribution in [-0.2, 0) is 16.0 Å². The molecule has 8 heteroatoms. The fourth-order valence-electron chi connectivity index (χ4n) is 3.75. The lowest BCUT2D eigenvalue weighted by molar-refractivity contribution is -0.139. The van der Waals surface area contributed by atoms with Crippen LogP contribution in [0.1, 0.15) is 11.5 Å². The molecule has 1 saturated heterocycles. The predicted octanol–water partition coefficient (Wildman–Crippen LogP) is 3.23. The van der Waals surface area contributed by atoms with Gasteiger partial charge in [-0.25, -0.2) is 4.98 Å². The molecule has 0 saturated carbocycles. The first-order chi connectivity index (χ1) is 15.7. The molecule has 2 aromatic carbocycles. The molecule has 0 bridgehead atoms. The Morgan fingerprint density at radius 1 is 1.16 bits per heavy atom. The van der Waals surface area contributed by atoms with Gasteiger partial charge >= 0.3 is 0 Å². The summed E-state index contributed by atoms with van der Waals surface area (Å²) in [4.78, 5) is 19.3. The van der Waals surface area contributed by atoms with Gasteiger partial charge in [0.15, 0.2) is 11.5 Å². The molecule has 32 heavy (non-hydrogen) atoms. The van der Waals surface area contributed by atoms with Crippen LogP contribution in [0.3, 0.4) is 0 Å². The van der Waals surface area contributed by atoms with Crippen LogP contribution in [0.2, 0.25) is 0 Å². The fourth-order valence-corrected chi connectivity index (χ4v) is 3.75. The average Bonchev–Trinajstić information content (AvgIpc) is 3.44. The minimum atomic E-state index is -0.212. The van der Waals surface area contributed by atoms with Crippen LogP contribution >= 0.6 is 0 Å². The van der Waals surface area contributed by atoms with Crippen LogP contribution < -0.4 is 14.2 Å². The molecule has 1 unspecified atom stereocenters. The number of ether oxygens (including phenoxy) is 4. The first-order valence-corrected chi connectivity index (χ1v) is 10.6. The third-order valence-corrected chi connectivity index (χ3v) is 5.50. The summed E-state index contributed by atoms with van der Waals surface area (Å²) in [5, 5.41) is 0. The van der Waals surface area contributed by atoms with Crippen LogP contribution in [0.4, 0.5) is 0 Å². The second kappa shape index (κ2) is 8.92. The van der Waals surface area contributed by atoms with Gasteiger partial charge in [-0.05, 0) is 31.2 Å². The summed E-state index contributed by atoms with van der Waals surface area (Å²) in [5.74, 6) is 3.24. The highest BCUT2D eigenvalue weighted by molar-refractivity contribution is 5.79. The zero-order chi connectivity index (χ0) is 21.9. The number of rotatable bonds is 6. The van der Waals surface area contributed by atoms with Gasteiger partial charge in [-0.3, -0.25) is 4.79 Å². The molecule has 5 rings (SSSR count). The van der Waals surface area contributed by atoms with Crippen molar-refractivity contribution in [3.8, 4) is 28.7 Å². The molecule has 0 aliphatic carbocycles. The number of morpholine rings is 1. The lowest BCUT2D eigenvalue weighted by atomic mass is 10.2. The van der Waals surface area contributed by atoms with Crippen LogP contribution in [0.25, 0.3) is 11.5 Å². The lowest BCUT2D eigenvalue weighted by Crippen LogP contribution is -2.48. The maximum atomic E-state index is 12.9. The number of fused-ring (bicyclic) bond motifs is 1. The van der Waals surface area contributed by atoms with Gasteiger partial charge in [-0.1, -0.05) is 18.2 Å². The predicted molar refractivity (Wildman–Crippen MR) is 115 cm³/mol. The second-order valence-electron chi connectivity index (χ2n) is 7.72. The molecule has 1 aromatic heterocycles. The van der Waals surface area contributed by atoms with Crippen molar-refractivity contribution in [1.82, 2.24) is 9.88 Å². The summed E-state index contributed by atoms with van der Waals surface area (Å²) in [6.45, 7) is 3.87. The number of amides is 1. The number of benzene rings is 2. The van der Waals surface area contributed by atoms with Crippen LogP contribution in [0.5, 0.6) is 17.2 Å². The third kappa shape index (κ3) is 4.40. The fraction of sp³-hybridized carbons (Fsp3) is 0.333. The molecule has 0 spiro atoms. The normalized spacial score (nSPS) is 17.4. The van der Waals surface area contributed by atoms with Crippen molar-refractivity contribution in [1.29, 1.82) is 0 Å². The quantitative estimate of drug-likeness (QED) is 0.587. The van der Waals surface area contributed by atoms with Crippen molar-refractivity contribution in [3.63, 3.8) is 0 Å². The first-order valence-electron chi connectivity index (χ1n) is 10.6. The van der Waals surface area contributed by atoms with Crippen molar-refractivity contribution >= 4 is 5.91 Å². The molecule has 3 heterocycles. The van der Waals surface area contributed by atoms with Crippen molar-refractivity contribution < 1.29 is 28.2 Å². The molecule has 2 aliphatic heterocycles. The zero-order valence-electron chi connectivity index (χ0n) is 17.8. The van der Waals surface area contributed by atoms with Crippen LogP contribution in [-0.4, -0.2) is 55.0 Å². The van der Waals surface area contributed by atoms with E-state index in [9.17, 15) is 4.79 Å². The zero-order valence-corrected chi connectivity index (χ0v) is 17.8. The van der Waals surface area contributed by atoms with Gasteiger partial charge in [0.05, 0.1) is 25.3 Å². The monoisotopic (exact) mass is 436 g/mol. The van der Waals surface area contributed by atoms with Gasteiger partial charge in [0.25, 0.3) is 0 Å². The molecule has 0 N–H and O–H groups in total. The molecule has 8 nitrogen and oxygen atoms in total. The second-order valence-corrected chi connectivity index (χ2v) is 7.72. The number of oxazole rings is 1. The smallest absolute Gasteiger partial charge is 0.231 e. The lowest BCUT2D eigenvalue weighted by Gasteiger charge is -2.32. The SMILES string of the molecule is Cc1oc(-c2ccccc2)nc1CC(=O)N1CCOC(COc2ccc3c(c2)OCO3)C1. The Morgan fingerprint density at radius 3 is 2.88 bits per heavy atom. The minimum absolute atomic E-state index is 0.00242. The van der Waals surface area contributed by atoms with E-state index in [1.807, 2.05) is 49.4 Å². The Hall–Kier alpha value is -3.52. The summed E-state index contributed by atoms with van der Waals surface area (Å²) in [7, 11) is 0. The summed E-state index contributed by atoms with van der Waals surface area (Å²) < 4.78 is 28.1. The van der Waals surface area contributed by atoms with Gasteiger partial charge in [0.2, 0.25) is 18.6 Å². The molecule has 3 aromatic rings. The number of aromatic nitrogens is 1. The van der Waals surface area contributed by atoms with E-state index in [0.717, 1.165) is 5.56 Å². The number of hydrogen-bond donors (Lipinski definition) is 0. The third-order valence-electron chi connectivity index (χ3n) is 5.50. The van der Waals surface area contributed by atoms with Crippen molar-refractivity contribution in [2.75, 3.05) is 33.1 Å². The van der Waals surface area contributed by atoms with E-state index in [1.165, 1.54) is 0 Å². The van der Waals surface area contributed by atoms with Crippen molar-refractivity contribution in [2.24, 2.45) is 0 Å². The number of aryl methyl sites for hydroxylation is 1. The average molecular weight is 436 g/mol. The van der Waals surface area contributed by atoms with E-state index in [-0.39, 0.29) is 25.2 Å². The highest BCUT2D eigenvalue weighted by atomic mass is 16.7.